The number of carboxylic acids is 1. The van der Waals surface area contributed by atoms with Crippen molar-refractivity contribution in [1.82, 2.24) is 9.55 Å². The second kappa shape index (κ2) is 10.3. The van der Waals surface area contributed by atoms with Crippen LogP contribution < -0.4 is 10.2 Å². The van der Waals surface area contributed by atoms with Crippen LogP contribution in [0.2, 0.25) is 0 Å². The van der Waals surface area contributed by atoms with Gasteiger partial charge in [-0.1, -0.05) is 27.7 Å². The van der Waals surface area contributed by atoms with Gasteiger partial charge in [-0.2, -0.15) is 0 Å². The highest BCUT2D eigenvalue weighted by Gasteiger charge is 2.29. The van der Waals surface area contributed by atoms with E-state index in [2.05, 4.69) is 38.7 Å². The zero-order valence-corrected chi connectivity index (χ0v) is 21.6. The molecule has 0 fully saturated rings. The molecule has 0 spiro atoms. The number of hydrogen-bond acceptors (Lipinski definition) is 6. The van der Waals surface area contributed by atoms with Gasteiger partial charge in [-0.25, -0.2) is 9.78 Å². The molecule has 0 bridgehead atoms. The van der Waals surface area contributed by atoms with Crippen LogP contribution in [0.15, 0.2) is 35.4 Å². The van der Waals surface area contributed by atoms with Crippen LogP contribution in [0, 0.1) is 5.92 Å². The standard InChI is InChI=1S/C27H32N2O5S/c1-15(2)21-9-17-10-24(34-8-6-7-33-5)19(26-28-13-25(35-26)16(3)4)11-18(17)22-12-23(30)20(27(31)32)14-29(21)22/h10-16,21H,6-9H2,1-5H3,(H,31,32). The van der Waals surface area contributed by atoms with Gasteiger partial charge < -0.3 is 19.1 Å². The molecule has 1 unspecified atom stereocenters. The molecule has 0 amide bonds. The Morgan fingerprint density at radius 3 is 2.60 bits per heavy atom. The molecule has 1 N–H and O–H groups in total. The smallest absolute Gasteiger partial charge is 0.341 e. The van der Waals surface area contributed by atoms with E-state index >= 15 is 0 Å². The average Bonchev–Trinajstić information content (AvgIpc) is 3.30. The Hall–Kier alpha value is -2.97. The molecule has 4 rings (SSSR count). The molecular formula is C27H32N2O5S. The first-order chi connectivity index (χ1) is 16.7. The van der Waals surface area contributed by atoms with Crippen molar-refractivity contribution < 1.29 is 19.4 Å². The van der Waals surface area contributed by atoms with E-state index in [1.54, 1.807) is 18.4 Å². The number of hydrogen-bond donors (Lipinski definition) is 1. The highest BCUT2D eigenvalue weighted by molar-refractivity contribution is 7.15. The first kappa shape index (κ1) is 25.1. The minimum absolute atomic E-state index is 0.0239. The molecule has 0 saturated carbocycles. The van der Waals surface area contributed by atoms with Crippen LogP contribution in [0.25, 0.3) is 21.8 Å². The Morgan fingerprint density at radius 1 is 1.20 bits per heavy atom. The van der Waals surface area contributed by atoms with Gasteiger partial charge in [0.05, 0.1) is 17.9 Å². The molecule has 35 heavy (non-hydrogen) atoms. The Kier molecular flexibility index (Phi) is 7.42. The molecule has 8 heteroatoms. The molecule has 3 heterocycles. The molecule has 0 aliphatic carbocycles. The highest BCUT2D eigenvalue weighted by atomic mass is 32.1. The first-order valence-corrected chi connectivity index (χ1v) is 12.8. The zero-order chi connectivity index (χ0) is 25.3. The van der Waals surface area contributed by atoms with Crippen molar-refractivity contribution in [3.05, 3.63) is 56.8 Å². The van der Waals surface area contributed by atoms with Gasteiger partial charge in [0.15, 0.2) is 5.43 Å². The van der Waals surface area contributed by atoms with Crippen molar-refractivity contribution in [2.45, 2.75) is 52.5 Å². The number of ether oxygens (including phenoxy) is 2. The fourth-order valence-electron chi connectivity index (χ4n) is 4.46. The lowest BCUT2D eigenvalue weighted by Crippen LogP contribution is -2.28. The number of pyridine rings is 1. The van der Waals surface area contributed by atoms with Crippen LogP contribution in [-0.2, 0) is 11.2 Å². The van der Waals surface area contributed by atoms with Gasteiger partial charge in [0, 0.05) is 55.1 Å². The molecule has 2 aromatic heterocycles. The summed E-state index contributed by atoms with van der Waals surface area (Å²) in [7, 11) is 1.68. The lowest BCUT2D eigenvalue weighted by Gasteiger charge is -2.34. The van der Waals surface area contributed by atoms with Crippen molar-refractivity contribution in [3.63, 3.8) is 0 Å². The first-order valence-electron chi connectivity index (χ1n) is 12.0. The number of benzene rings is 1. The quantitative estimate of drug-likeness (QED) is 0.386. The summed E-state index contributed by atoms with van der Waals surface area (Å²) in [4.78, 5) is 30.2. The Morgan fingerprint density at radius 2 is 1.97 bits per heavy atom. The summed E-state index contributed by atoms with van der Waals surface area (Å²) in [6.07, 6.45) is 4.90. The molecule has 3 aromatic rings. The number of carbonyl (C=O) groups is 1. The van der Waals surface area contributed by atoms with Crippen LogP contribution in [-0.4, -0.2) is 41.0 Å². The van der Waals surface area contributed by atoms with E-state index in [1.807, 2.05) is 16.8 Å². The number of nitrogens with zero attached hydrogens (tertiary/aromatic N) is 2. The molecule has 7 nitrogen and oxygen atoms in total. The largest absolute Gasteiger partial charge is 0.493 e. The zero-order valence-electron chi connectivity index (χ0n) is 20.8. The summed E-state index contributed by atoms with van der Waals surface area (Å²) in [5, 5.41) is 10.4. The summed E-state index contributed by atoms with van der Waals surface area (Å²) < 4.78 is 13.4. The predicted octanol–water partition coefficient (Wildman–Crippen LogP) is 5.63. The number of methoxy groups -OCH3 is 1. The third-order valence-electron chi connectivity index (χ3n) is 6.42. The molecule has 0 saturated heterocycles. The van der Waals surface area contributed by atoms with Crippen molar-refractivity contribution in [2.75, 3.05) is 20.3 Å². The summed E-state index contributed by atoms with van der Waals surface area (Å²) in [6, 6.07) is 5.60. The summed E-state index contributed by atoms with van der Waals surface area (Å²) >= 11 is 1.64. The lowest BCUT2D eigenvalue weighted by atomic mass is 9.86. The SMILES string of the molecule is COCCCOc1cc2c(cc1-c1ncc(C(C)C)s1)-c1cc(=O)c(C(=O)O)cn1C(C(C)C)C2. The van der Waals surface area contributed by atoms with Gasteiger partial charge >= 0.3 is 5.97 Å². The maximum absolute atomic E-state index is 12.7. The molecule has 1 aliphatic rings. The Balaban J connectivity index is 1.89. The van der Waals surface area contributed by atoms with E-state index in [9.17, 15) is 14.7 Å². The summed E-state index contributed by atoms with van der Waals surface area (Å²) in [5.74, 6) is 0.169. The van der Waals surface area contributed by atoms with Crippen LogP contribution >= 0.6 is 11.3 Å². The van der Waals surface area contributed by atoms with Gasteiger partial charge in [-0.3, -0.25) is 4.79 Å². The minimum Gasteiger partial charge on any atom is -0.493 e. The van der Waals surface area contributed by atoms with Gasteiger partial charge in [-0.15, -0.1) is 11.3 Å². The van der Waals surface area contributed by atoms with Crippen molar-refractivity contribution in [3.8, 4) is 27.6 Å². The average molecular weight is 497 g/mol. The number of thiazole rings is 1. The molecule has 1 aromatic carbocycles. The number of aromatic carboxylic acids is 1. The molecular weight excluding hydrogens is 464 g/mol. The number of fused-ring (bicyclic) bond motifs is 3. The number of carboxylic acid groups (broad SMARTS) is 1. The van der Waals surface area contributed by atoms with Crippen LogP contribution in [0.3, 0.4) is 0 Å². The number of aromatic nitrogens is 2. The van der Waals surface area contributed by atoms with Gasteiger partial charge in [0.2, 0.25) is 0 Å². The van der Waals surface area contributed by atoms with Crippen molar-refractivity contribution in [2.24, 2.45) is 5.92 Å². The second-order valence-electron chi connectivity index (χ2n) is 9.59. The van der Waals surface area contributed by atoms with Crippen molar-refractivity contribution in [1.29, 1.82) is 0 Å². The fraction of sp³-hybridized carbons (Fsp3) is 0.444. The predicted molar refractivity (Wildman–Crippen MR) is 138 cm³/mol. The van der Waals surface area contributed by atoms with Crippen molar-refractivity contribution >= 4 is 17.3 Å². The molecule has 1 aliphatic heterocycles. The Labute approximate surface area is 209 Å². The summed E-state index contributed by atoms with van der Waals surface area (Å²) in [5.41, 5.74) is 2.91. The highest BCUT2D eigenvalue weighted by Crippen LogP contribution is 2.44. The molecule has 0 radical (unpaired) electrons. The van der Waals surface area contributed by atoms with Gasteiger partial charge in [-0.05, 0) is 36.0 Å². The Bertz CT molecular complexity index is 1290. The van der Waals surface area contributed by atoms with E-state index in [0.29, 0.717) is 25.6 Å². The monoisotopic (exact) mass is 496 g/mol. The van der Waals surface area contributed by atoms with Crippen LogP contribution in [0.5, 0.6) is 5.75 Å². The maximum Gasteiger partial charge on any atom is 0.341 e. The normalized spacial score (nSPS) is 14.8. The van der Waals surface area contributed by atoms with Crippen LogP contribution in [0.4, 0.5) is 0 Å². The third-order valence-corrected chi connectivity index (χ3v) is 7.75. The van der Waals surface area contributed by atoms with E-state index in [1.165, 1.54) is 17.1 Å². The summed E-state index contributed by atoms with van der Waals surface area (Å²) in [6.45, 7) is 9.64. The van der Waals surface area contributed by atoms with E-state index in [4.69, 9.17) is 9.47 Å². The van der Waals surface area contributed by atoms with E-state index in [-0.39, 0.29) is 17.5 Å². The maximum atomic E-state index is 12.7. The third kappa shape index (κ3) is 5.04. The number of rotatable bonds is 9. The van der Waals surface area contributed by atoms with Crippen LogP contribution in [0.1, 0.15) is 66.9 Å². The van der Waals surface area contributed by atoms with Gasteiger partial charge in [0.25, 0.3) is 0 Å². The second-order valence-corrected chi connectivity index (χ2v) is 10.6. The minimum atomic E-state index is -1.21. The topological polar surface area (TPSA) is 90.7 Å². The molecule has 186 valence electrons. The lowest BCUT2D eigenvalue weighted by molar-refractivity contribution is 0.0694. The van der Waals surface area contributed by atoms with E-state index < -0.39 is 11.4 Å². The van der Waals surface area contributed by atoms with E-state index in [0.717, 1.165) is 39.6 Å². The van der Waals surface area contributed by atoms with Gasteiger partial charge in [0.1, 0.15) is 16.3 Å². The fourth-order valence-corrected chi connectivity index (χ4v) is 5.40. The molecule has 1 atom stereocenters.